The fraction of sp³-hybridized carbons (Fsp3) is 0.238. The molecule has 4 nitrogen and oxygen atoms in total. The minimum atomic E-state index is 0.310. The highest BCUT2D eigenvalue weighted by Crippen LogP contribution is 2.22. The molecule has 2 N–H and O–H groups in total. The van der Waals surface area contributed by atoms with E-state index in [-0.39, 0.29) is 0 Å². The molecule has 1 aromatic heterocycles. The highest BCUT2D eigenvalue weighted by atomic mass is 35.5. The highest BCUT2D eigenvalue weighted by Gasteiger charge is 2.08. The summed E-state index contributed by atoms with van der Waals surface area (Å²) in [6.07, 6.45) is 1.01. The van der Waals surface area contributed by atoms with Crippen LogP contribution >= 0.6 is 11.6 Å². The number of nitrogens with one attached hydrogen (secondary N) is 2. The molecule has 3 aromatic rings. The zero-order chi connectivity index (χ0) is 18.4. The maximum Gasteiger partial charge on any atom is 0.225 e. The van der Waals surface area contributed by atoms with E-state index in [1.165, 1.54) is 0 Å². The lowest BCUT2D eigenvalue weighted by molar-refractivity contribution is 0.753. The third-order valence-corrected chi connectivity index (χ3v) is 4.42. The molecule has 1 heterocycles. The summed E-state index contributed by atoms with van der Waals surface area (Å²) in [7, 11) is 0. The van der Waals surface area contributed by atoms with E-state index in [2.05, 4.69) is 46.6 Å². The van der Waals surface area contributed by atoms with Crippen LogP contribution in [-0.4, -0.2) is 16.0 Å². The Morgan fingerprint density at radius 1 is 1.00 bits per heavy atom. The molecule has 0 spiro atoms. The minimum absolute atomic E-state index is 0.310. The lowest BCUT2D eigenvalue weighted by Crippen LogP contribution is -2.16. The molecule has 2 aromatic carbocycles. The molecule has 0 aliphatic heterocycles. The van der Waals surface area contributed by atoms with Crippen molar-refractivity contribution in [1.82, 2.24) is 9.97 Å². The Bertz CT molecular complexity index is 834. The predicted octanol–water partition coefficient (Wildman–Crippen LogP) is 5.62. The summed E-state index contributed by atoms with van der Waals surface area (Å²) in [6, 6.07) is 20.2. The summed E-state index contributed by atoms with van der Waals surface area (Å²) in [5.74, 6) is 1.43. The maximum atomic E-state index is 5.95. The van der Waals surface area contributed by atoms with Gasteiger partial charge in [-0.05, 0) is 31.0 Å². The van der Waals surface area contributed by atoms with Gasteiger partial charge >= 0.3 is 0 Å². The Labute approximate surface area is 159 Å². The molecular formula is C21H23ClN4. The molecule has 0 radical (unpaired) electrons. The molecule has 0 aliphatic rings. The summed E-state index contributed by atoms with van der Waals surface area (Å²) in [6.45, 7) is 4.93. The van der Waals surface area contributed by atoms with Crippen LogP contribution in [0.5, 0.6) is 0 Å². The molecule has 0 bridgehead atoms. The number of nitrogens with zero attached hydrogens (tertiary/aromatic N) is 2. The van der Waals surface area contributed by atoms with Crippen molar-refractivity contribution in [3.63, 3.8) is 0 Å². The van der Waals surface area contributed by atoms with Crippen LogP contribution in [0.3, 0.4) is 0 Å². The number of hydrogen-bond acceptors (Lipinski definition) is 4. The number of benzene rings is 2. The number of aromatic nitrogens is 2. The first-order chi connectivity index (χ1) is 12.6. The lowest BCUT2D eigenvalue weighted by Gasteiger charge is -2.14. The van der Waals surface area contributed by atoms with Crippen LogP contribution in [0, 0.1) is 0 Å². The molecule has 0 aliphatic carbocycles. The quantitative estimate of drug-likeness (QED) is 0.569. The van der Waals surface area contributed by atoms with Crippen LogP contribution < -0.4 is 10.6 Å². The van der Waals surface area contributed by atoms with E-state index < -0.39 is 0 Å². The van der Waals surface area contributed by atoms with Gasteiger partial charge in [0.05, 0.1) is 5.69 Å². The average Bonchev–Trinajstić information content (AvgIpc) is 2.68. The van der Waals surface area contributed by atoms with Gasteiger partial charge in [0, 0.05) is 29.2 Å². The number of anilines is 2. The monoisotopic (exact) mass is 366 g/mol. The fourth-order valence-corrected chi connectivity index (χ4v) is 2.60. The van der Waals surface area contributed by atoms with Crippen molar-refractivity contribution >= 4 is 23.4 Å². The van der Waals surface area contributed by atoms with Crippen LogP contribution in [0.4, 0.5) is 11.8 Å². The van der Waals surface area contributed by atoms with Crippen molar-refractivity contribution in [3.05, 3.63) is 71.2 Å². The van der Waals surface area contributed by atoms with Crippen molar-refractivity contribution in [3.8, 4) is 11.3 Å². The van der Waals surface area contributed by atoms with E-state index in [1.807, 2.05) is 48.5 Å². The first kappa shape index (κ1) is 18.2. The van der Waals surface area contributed by atoms with E-state index in [1.54, 1.807) is 0 Å². The number of halogens is 1. The molecule has 0 unspecified atom stereocenters. The zero-order valence-electron chi connectivity index (χ0n) is 15.0. The zero-order valence-corrected chi connectivity index (χ0v) is 15.8. The summed E-state index contributed by atoms with van der Waals surface area (Å²) < 4.78 is 0. The average molecular weight is 367 g/mol. The van der Waals surface area contributed by atoms with Crippen LogP contribution in [0.25, 0.3) is 11.3 Å². The standard InChI is InChI=1S/C21H23ClN4/c1-3-15(2)24-21-25-19(17-7-5-4-6-8-17)13-20(26-21)23-14-16-9-11-18(22)12-10-16/h4-13,15H,3,14H2,1-2H3,(H2,23,24,25,26)/t15-/m0/s1. The third-order valence-electron chi connectivity index (χ3n) is 4.17. The second kappa shape index (κ2) is 8.68. The van der Waals surface area contributed by atoms with Gasteiger partial charge < -0.3 is 10.6 Å². The topological polar surface area (TPSA) is 49.8 Å². The molecule has 0 amide bonds. The van der Waals surface area contributed by atoms with Crippen LogP contribution in [-0.2, 0) is 6.54 Å². The molecule has 0 saturated heterocycles. The fourth-order valence-electron chi connectivity index (χ4n) is 2.48. The van der Waals surface area contributed by atoms with Gasteiger partial charge in [-0.1, -0.05) is 61.0 Å². The predicted molar refractivity (Wildman–Crippen MR) is 110 cm³/mol. The van der Waals surface area contributed by atoms with Gasteiger partial charge in [-0.3, -0.25) is 0 Å². The second-order valence-corrected chi connectivity index (χ2v) is 6.70. The Balaban J connectivity index is 1.85. The van der Waals surface area contributed by atoms with E-state index >= 15 is 0 Å². The highest BCUT2D eigenvalue weighted by molar-refractivity contribution is 6.30. The normalized spacial score (nSPS) is 11.8. The molecule has 0 saturated carbocycles. The Hall–Kier alpha value is -2.59. The SMILES string of the molecule is CC[C@H](C)Nc1nc(NCc2ccc(Cl)cc2)cc(-c2ccccc2)n1. The van der Waals surface area contributed by atoms with E-state index in [0.29, 0.717) is 18.5 Å². The Kier molecular flexibility index (Phi) is 6.08. The van der Waals surface area contributed by atoms with Crippen molar-refractivity contribution in [2.24, 2.45) is 0 Å². The molecule has 134 valence electrons. The van der Waals surface area contributed by atoms with E-state index in [0.717, 1.165) is 34.1 Å². The lowest BCUT2D eigenvalue weighted by atomic mass is 10.1. The van der Waals surface area contributed by atoms with Gasteiger partial charge in [0.2, 0.25) is 5.95 Å². The molecule has 1 atom stereocenters. The van der Waals surface area contributed by atoms with Crippen molar-refractivity contribution < 1.29 is 0 Å². The van der Waals surface area contributed by atoms with E-state index in [9.17, 15) is 0 Å². The van der Waals surface area contributed by atoms with Crippen LogP contribution in [0.1, 0.15) is 25.8 Å². The number of hydrogen-bond donors (Lipinski definition) is 2. The third kappa shape index (κ3) is 4.96. The maximum absolute atomic E-state index is 5.95. The largest absolute Gasteiger partial charge is 0.366 e. The van der Waals surface area contributed by atoms with Gasteiger partial charge in [-0.15, -0.1) is 0 Å². The van der Waals surface area contributed by atoms with Crippen molar-refractivity contribution in [1.29, 1.82) is 0 Å². The first-order valence-electron chi connectivity index (χ1n) is 8.83. The van der Waals surface area contributed by atoms with Gasteiger partial charge in [0.15, 0.2) is 0 Å². The Morgan fingerprint density at radius 3 is 2.42 bits per heavy atom. The molecule has 26 heavy (non-hydrogen) atoms. The van der Waals surface area contributed by atoms with Crippen LogP contribution in [0.15, 0.2) is 60.7 Å². The second-order valence-electron chi connectivity index (χ2n) is 6.26. The van der Waals surface area contributed by atoms with Crippen LogP contribution in [0.2, 0.25) is 5.02 Å². The molecular weight excluding hydrogens is 344 g/mol. The summed E-state index contributed by atoms with van der Waals surface area (Å²) >= 11 is 5.95. The van der Waals surface area contributed by atoms with Crippen molar-refractivity contribution in [2.75, 3.05) is 10.6 Å². The minimum Gasteiger partial charge on any atom is -0.366 e. The van der Waals surface area contributed by atoms with Gasteiger partial charge in [-0.25, -0.2) is 4.98 Å². The number of rotatable bonds is 7. The smallest absolute Gasteiger partial charge is 0.225 e. The summed E-state index contributed by atoms with van der Waals surface area (Å²) in [5.41, 5.74) is 3.10. The Morgan fingerprint density at radius 2 is 1.73 bits per heavy atom. The first-order valence-corrected chi connectivity index (χ1v) is 9.21. The van der Waals surface area contributed by atoms with Gasteiger partial charge in [0.25, 0.3) is 0 Å². The van der Waals surface area contributed by atoms with E-state index in [4.69, 9.17) is 11.6 Å². The van der Waals surface area contributed by atoms with Gasteiger partial charge in [-0.2, -0.15) is 4.98 Å². The molecule has 0 fully saturated rings. The van der Waals surface area contributed by atoms with Crippen molar-refractivity contribution in [2.45, 2.75) is 32.9 Å². The van der Waals surface area contributed by atoms with Gasteiger partial charge in [0.1, 0.15) is 5.82 Å². The molecule has 5 heteroatoms. The molecule has 3 rings (SSSR count). The summed E-state index contributed by atoms with van der Waals surface area (Å²) in [4.78, 5) is 9.30. The summed E-state index contributed by atoms with van der Waals surface area (Å²) in [5, 5.41) is 7.49.